The van der Waals surface area contributed by atoms with E-state index in [2.05, 4.69) is 346 Å². The third kappa shape index (κ3) is 7.34. The summed E-state index contributed by atoms with van der Waals surface area (Å²) < 4.78 is 9.91. The van der Waals surface area contributed by atoms with Gasteiger partial charge in [-0.15, -0.1) is 0 Å². The maximum Gasteiger partial charge on any atom is 0.0547 e. The van der Waals surface area contributed by atoms with Crippen molar-refractivity contribution in [1.82, 2.24) is 18.3 Å². The highest BCUT2D eigenvalue weighted by molar-refractivity contribution is 6.30. The zero-order valence-electron chi connectivity index (χ0n) is 50.0. The molecule has 4 nitrogen and oxygen atoms in total. The average Bonchev–Trinajstić information content (AvgIpc) is 1.56. The average molecular weight is 1170 g/mol. The molecule has 0 bridgehead atoms. The van der Waals surface area contributed by atoms with Gasteiger partial charge in [-0.25, -0.2) is 0 Å². The number of hydrogen-bond donors (Lipinski definition) is 0. The SMILES string of the molecule is c1ccc(-c2cc(-n3c4cc(-c5ccc6c(c5)c5ccccc5n6-c5ccccc5)ccc4c4c(-c5cccc6c5ccc5c6c6cc(-n7c8ccc9ccccc9c8c8c9ccccc9ccc87)ccc6n5-c5ccccc5)cccc43)cc3ccccc23)cc1. The molecule has 0 N–H and O–H groups in total. The molecule has 20 aromatic rings. The molecule has 0 saturated carbocycles. The molecule has 0 spiro atoms. The van der Waals surface area contributed by atoms with Gasteiger partial charge in [-0.05, 0) is 180 Å². The molecular formula is C88H54N4. The summed E-state index contributed by atoms with van der Waals surface area (Å²) in [5.41, 5.74) is 21.1. The Kier molecular flexibility index (Phi) is 10.8. The summed E-state index contributed by atoms with van der Waals surface area (Å²) in [6.07, 6.45) is 0. The van der Waals surface area contributed by atoms with Gasteiger partial charge < -0.3 is 18.3 Å². The Bertz CT molecular complexity index is 6380. The van der Waals surface area contributed by atoms with Crippen LogP contribution in [-0.4, -0.2) is 18.3 Å². The van der Waals surface area contributed by atoms with Crippen molar-refractivity contribution in [1.29, 1.82) is 0 Å². The maximum absolute atomic E-state index is 2.54. The minimum atomic E-state index is 1.12. The van der Waals surface area contributed by atoms with E-state index >= 15 is 0 Å². The zero-order valence-corrected chi connectivity index (χ0v) is 50.0. The van der Waals surface area contributed by atoms with Crippen LogP contribution in [-0.2, 0) is 0 Å². The van der Waals surface area contributed by atoms with Gasteiger partial charge in [0.15, 0.2) is 0 Å². The fourth-order valence-corrected chi connectivity index (χ4v) is 16.0. The zero-order chi connectivity index (χ0) is 60.1. The van der Waals surface area contributed by atoms with E-state index in [0.29, 0.717) is 0 Å². The molecule has 92 heavy (non-hydrogen) atoms. The molecule has 4 heteroatoms. The van der Waals surface area contributed by atoms with Crippen LogP contribution < -0.4 is 0 Å². The number of aromatic nitrogens is 4. The fourth-order valence-electron chi connectivity index (χ4n) is 16.0. The molecule has 0 aliphatic rings. The minimum absolute atomic E-state index is 1.12. The first kappa shape index (κ1) is 50.7. The molecular weight excluding hydrogens is 1110 g/mol. The Morgan fingerprint density at radius 1 is 0.152 bits per heavy atom. The Labute approximate surface area is 529 Å². The van der Waals surface area contributed by atoms with E-state index in [-0.39, 0.29) is 0 Å². The van der Waals surface area contributed by atoms with Crippen molar-refractivity contribution in [2.24, 2.45) is 0 Å². The van der Waals surface area contributed by atoms with Gasteiger partial charge in [0, 0.05) is 65.8 Å². The van der Waals surface area contributed by atoms with Crippen molar-refractivity contribution in [2.75, 3.05) is 0 Å². The van der Waals surface area contributed by atoms with Crippen LogP contribution in [0.25, 0.3) is 186 Å². The highest BCUT2D eigenvalue weighted by Gasteiger charge is 2.24. The summed E-state index contributed by atoms with van der Waals surface area (Å²) in [5, 5.41) is 19.7. The van der Waals surface area contributed by atoms with Crippen molar-refractivity contribution in [3.05, 3.63) is 328 Å². The van der Waals surface area contributed by atoms with Crippen LogP contribution in [0.5, 0.6) is 0 Å². The Morgan fingerprint density at radius 3 is 1.37 bits per heavy atom. The molecule has 0 radical (unpaired) electrons. The summed E-state index contributed by atoms with van der Waals surface area (Å²) in [6.45, 7) is 0. The number of nitrogens with zero attached hydrogens (tertiary/aromatic N) is 4. The summed E-state index contributed by atoms with van der Waals surface area (Å²) in [6, 6.07) is 122. The molecule has 0 atom stereocenters. The van der Waals surface area contributed by atoms with Gasteiger partial charge >= 0.3 is 0 Å². The molecule has 0 amide bonds. The first-order valence-electron chi connectivity index (χ1n) is 31.8. The van der Waals surface area contributed by atoms with Gasteiger partial charge in [0.2, 0.25) is 0 Å². The number of benzene rings is 16. The topological polar surface area (TPSA) is 19.7 Å². The van der Waals surface area contributed by atoms with Crippen molar-refractivity contribution >= 4 is 130 Å². The van der Waals surface area contributed by atoms with Crippen LogP contribution in [0.4, 0.5) is 0 Å². The molecule has 0 unspecified atom stereocenters. The molecule has 426 valence electrons. The van der Waals surface area contributed by atoms with Crippen LogP contribution in [0.15, 0.2) is 328 Å². The lowest BCUT2D eigenvalue weighted by Gasteiger charge is -2.15. The standard InChI is InChI=1S/C88H54N4/c1-4-20-55(21-5-1)74-54-64(50-60-24-12-13-29-65(60)74)92-80-37-19-35-71(85(80)73-43-38-59(52-84(73)92)58-41-45-78-75(51-58)70-32-16-17-36-77(70)89(78)61-25-6-2-7-26-61)68-33-18-34-72-69(68)44-49-81-86(72)76-53-63(42-48-79(76)90(81)62-27-8-3-9-28-62)91-82-46-39-56-22-10-14-30-66(56)87(82)88-67-31-15-11-23-57(67)40-47-83(88)91/h1-54H. The molecule has 4 heterocycles. The second-order valence-electron chi connectivity index (χ2n) is 24.7. The summed E-state index contributed by atoms with van der Waals surface area (Å²) in [7, 11) is 0. The molecule has 20 rings (SSSR count). The van der Waals surface area contributed by atoms with Gasteiger partial charge in [-0.1, -0.05) is 224 Å². The number of para-hydroxylation sites is 3. The summed E-state index contributed by atoms with van der Waals surface area (Å²) >= 11 is 0. The van der Waals surface area contributed by atoms with E-state index in [1.54, 1.807) is 0 Å². The molecule has 0 fully saturated rings. The maximum atomic E-state index is 2.54. The van der Waals surface area contributed by atoms with Gasteiger partial charge in [0.05, 0.1) is 44.1 Å². The first-order chi connectivity index (χ1) is 45.7. The second-order valence-corrected chi connectivity index (χ2v) is 24.7. The van der Waals surface area contributed by atoms with Crippen LogP contribution in [0.1, 0.15) is 0 Å². The van der Waals surface area contributed by atoms with Crippen molar-refractivity contribution in [3.8, 4) is 56.1 Å². The van der Waals surface area contributed by atoms with Crippen molar-refractivity contribution in [3.63, 3.8) is 0 Å². The molecule has 0 aliphatic carbocycles. The van der Waals surface area contributed by atoms with Crippen LogP contribution in [0, 0.1) is 0 Å². The van der Waals surface area contributed by atoms with Gasteiger partial charge in [0.25, 0.3) is 0 Å². The highest BCUT2D eigenvalue weighted by Crippen LogP contribution is 2.48. The predicted molar refractivity (Wildman–Crippen MR) is 390 cm³/mol. The second kappa shape index (κ2) is 19.6. The molecule has 0 aliphatic heterocycles. The monoisotopic (exact) mass is 1170 g/mol. The third-order valence-electron chi connectivity index (χ3n) is 19.9. The fraction of sp³-hybridized carbons (Fsp3) is 0. The van der Waals surface area contributed by atoms with E-state index in [4.69, 9.17) is 0 Å². The van der Waals surface area contributed by atoms with Crippen molar-refractivity contribution < 1.29 is 0 Å². The number of hydrogen-bond acceptors (Lipinski definition) is 0. The Hall–Kier alpha value is -12.2. The lowest BCUT2D eigenvalue weighted by molar-refractivity contribution is 1.17. The van der Waals surface area contributed by atoms with E-state index in [9.17, 15) is 0 Å². The third-order valence-corrected chi connectivity index (χ3v) is 19.9. The Morgan fingerprint density at radius 2 is 0.630 bits per heavy atom. The van der Waals surface area contributed by atoms with Crippen LogP contribution in [0.3, 0.4) is 0 Å². The number of fused-ring (bicyclic) bond motifs is 19. The summed E-state index contributed by atoms with van der Waals surface area (Å²) in [5.74, 6) is 0. The van der Waals surface area contributed by atoms with Crippen LogP contribution in [0.2, 0.25) is 0 Å². The molecule has 4 aromatic heterocycles. The lowest BCUT2D eigenvalue weighted by atomic mass is 9.92. The van der Waals surface area contributed by atoms with E-state index < -0.39 is 0 Å². The van der Waals surface area contributed by atoms with E-state index in [1.807, 2.05) is 0 Å². The molecule has 0 saturated heterocycles. The smallest absolute Gasteiger partial charge is 0.0547 e. The normalized spacial score (nSPS) is 12.1. The van der Waals surface area contributed by atoms with Gasteiger partial charge in [0.1, 0.15) is 0 Å². The molecule has 16 aromatic carbocycles. The number of rotatable bonds is 7. The highest BCUT2D eigenvalue weighted by atomic mass is 15.0. The van der Waals surface area contributed by atoms with Gasteiger partial charge in [-0.3, -0.25) is 0 Å². The van der Waals surface area contributed by atoms with Gasteiger partial charge in [-0.2, -0.15) is 0 Å². The predicted octanol–water partition coefficient (Wildman–Crippen LogP) is 23.7. The van der Waals surface area contributed by atoms with Crippen LogP contribution >= 0.6 is 0 Å². The Balaban J connectivity index is 0.839. The first-order valence-corrected chi connectivity index (χ1v) is 31.8. The minimum Gasteiger partial charge on any atom is -0.309 e. The van der Waals surface area contributed by atoms with E-state index in [0.717, 1.165) is 44.9 Å². The van der Waals surface area contributed by atoms with Crippen molar-refractivity contribution in [2.45, 2.75) is 0 Å². The van der Waals surface area contributed by atoms with E-state index in [1.165, 1.54) is 142 Å². The lowest BCUT2D eigenvalue weighted by Crippen LogP contribution is -1.96. The largest absolute Gasteiger partial charge is 0.309 e. The summed E-state index contributed by atoms with van der Waals surface area (Å²) in [4.78, 5) is 0. The quantitative estimate of drug-likeness (QED) is 0.152.